The van der Waals surface area contributed by atoms with Crippen LogP contribution in [0.2, 0.25) is 0 Å². The molecule has 0 aromatic carbocycles. The lowest BCUT2D eigenvalue weighted by Crippen LogP contribution is -2.35. The summed E-state index contributed by atoms with van der Waals surface area (Å²) in [5.41, 5.74) is 8.78. The van der Waals surface area contributed by atoms with Gasteiger partial charge in [-0.15, -0.1) is 0 Å². The lowest BCUT2D eigenvalue weighted by Gasteiger charge is -2.25. The van der Waals surface area contributed by atoms with Gasteiger partial charge in [0.15, 0.2) is 0 Å². The highest BCUT2D eigenvalue weighted by atomic mass is 15.0. The van der Waals surface area contributed by atoms with Crippen LogP contribution >= 0.6 is 0 Å². The van der Waals surface area contributed by atoms with E-state index in [-0.39, 0.29) is 0 Å². The number of nitrogens with zero attached hydrogens (tertiary/aromatic N) is 2. The van der Waals surface area contributed by atoms with Crippen LogP contribution in [0.1, 0.15) is 12.8 Å². The molecule has 21 heavy (non-hydrogen) atoms. The molecule has 1 saturated heterocycles. The van der Waals surface area contributed by atoms with Gasteiger partial charge in [-0.05, 0) is 38.1 Å². The maximum absolute atomic E-state index is 5.83. The molecular weight excluding hydrogens is 264 g/mol. The van der Waals surface area contributed by atoms with E-state index in [1.807, 2.05) is 18.3 Å². The standard InChI is InChI=1S/C15H18N6/c16-13-7-10-12(8-19-13)21-15-14(10)11(3-6-18-15)20-9-1-4-17-5-2-9/h3,6-9,17H,1-2,4-5H2,(H2,16,19)(H2,18,20,21). The van der Waals surface area contributed by atoms with Gasteiger partial charge in [0.25, 0.3) is 0 Å². The number of piperidine rings is 1. The molecule has 4 heterocycles. The van der Waals surface area contributed by atoms with Crippen molar-refractivity contribution in [2.45, 2.75) is 18.9 Å². The van der Waals surface area contributed by atoms with E-state index in [9.17, 15) is 0 Å². The molecule has 6 heteroatoms. The highest BCUT2D eigenvalue weighted by molar-refractivity contribution is 6.12. The van der Waals surface area contributed by atoms with Crippen molar-refractivity contribution in [3.05, 3.63) is 24.5 Å². The van der Waals surface area contributed by atoms with E-state index in [0.29, 0.717) is 11.9 Å². The highest BCUT2D eigenvalue weighted by Crippen LogP contribution is 2.31. The van der Waals surface area contributed by atoms with E-state index < -0.39 is 0 Å². The maximum Gasteiger partial charge on any atom is 0.140 e. The van der Waals surface area contributed by atoms with Gasteiger partial charge >= 0.3 is 0 Å². The Morgan fingerprint density at radius 2 is 2.10 bits per heavy atom. The van der Waals surface area contributed by atoms with Crippen molar-refractivity contribution >= 4 is 33.4 Å². The van der Waals surface area contributed by atoms with Crippen molar-refractivity contribution in [2.75, 3.05) is 24.1 Å². The third-order valence-electron chi connectivity index (χ3n) is 4.10. The first-order valence-electron chi connectivity index (χ1n) is 7.30. The molecule has 1 aliphatic heterocycles. The first-order valence-corrected chi connectivity index (χ1v) is 7.30. The fourth-order valence-electron chi connectivity index (χ4n) is 3.04. The van der Waals surface area contributed by atoms with E-state index in [0.717, 1.165) is 53.6 Å². The van der Waals surface area contributed by atoms with Gasteiger partial charge < -0.3 is 21.4 Å². The molecular formula is C15H18N6. The summed E-state index contributed by atoms with van der Waals surface area (Å²) >= 11 is 0. The van der Waals surface area contributed by atoms with Crippen LogP contribution in [-0.2, 0) is 0 Å². The maximum atomic E-state index is 5.83. The minimum absolute atomic E-state index is 0.501. The third kappa shape index (κ3) is 2.17. The summed E-state index contributed by atoms with van der Waals surface area (Å²) in [6.07, 6.45) is 5.87. The molecule has 0 aliphatic carbocycles. The molecule has 0 radical (unpaired) electrons. The van der Waals surface area contributed by atoms with Crippen LogP contribution in [0.3, 0.4) is 0 Å². The van der Waals surface area contributed by atoms with Crippen molar-refractivity contribution in [1.29, 1.82) is 0 Å². The number of hydrogen-bond donors (Lipinski definition) is 4. The molecule has 1 fully saturated rings. The number of hydrogen-bond acceptors (Lipinski definition) is 5. The molecule has 0 atom stereocenters. The highest BCUT2D eigenvalue weighted by Gasteiger charge is 2.16. The first kappa shape index (κ1) is 12.4. The Kier molecular flexibility index (Phi) is 2.89. The quantitative estimate of drug-likeness (QED) is 0.576. The zero-order chi connectivity index (χ0) is 14.2. The second-order valence-corrected chi connectivity index (χ2v) is 5.53. The van der Waals surface area contributed by atoms with E-state index in [1.54, 1.807) is 6.20 Å². The fraction of sp³-hybridized carbons (Fsp3) is 0.333. The molecule has 3 aromatic rings. The number of nitrogen functional groups attached to an aromatic ring is 1. The van der Waals surface area contributed by atoms with Crippen molar-refractivity contribution < 1.29 is 0 Å². The van der Waals surface area contributed by atoms with Crippen LogP contribution < -0.4 is 16.4 Å². The van der Waals surface area contributed by atoms with Gasteiger partial charge in [0.05, 0.1) is 11.7 Å². The summed E-state index contributed by atoms with van der Waals surface area (Å²) in [4.78, 5) is 11.9. The van der Waals surface area contributed by atoms with Gasteiger partial charge in [-0.3, -0.25) is 0 Å². The van der Waals surface area contributed by atoms with E-state index in [2.05, 4.69) is 25.6 Å². The molecule has 0 unspecified atom stereocenters. The zero-order valence-electron chi connectivity index (χ0n) is 11.7. The van der Waals surface area contributed by atoms with Crippen LogP contribution in [0.25, 0.3) is 21.9 Å². The number of aromatic amines is 1. The summed E-state index contributed by atoms with van der Waals surface area (Å²) in [6, 6.07) is 4.44. The molecule has 6 nitrogen and oxygen atoms in total. The van der Waals surface area contributed by atoms with Gasteiger partial charge in [-0.1, -0.05) is 0 Å². The molecule has 5 N–H and O–H groups in total. The third-order valence-corrected chi connectivity index (χ3v) is 4.10. The van der Waals surface area contributed by atoms with Crippen molar-refractivity contribution in [1.82, 2.24) is 20.3 Å². The molecule has 4 rings (SSSR count). The number of nitrogens with one attached hydrogen (secondary N) is 3. The fourth-order valence-corrected chi connectivity index (χ4v) is 3.04. The Bertz CT molecular complexity index is 787. The lowest BCUT2D eigenvalue weighted by molar-refractivity contribution is 0.479. The average molecular weight is 282 g/mol. The van der Waals surface area contributed by atoms with Crippen molar-refractivity contribution in [3.8, 4) is 0 Å². The normalized spacial score (nSPS) is 16.6. The second-order valence-electron chi connectivity index (χ2n) is 5.53. The minimum Gasteiger partial charge on any atom is -0.384 e. The van der Waals surface area contributed by atoms with Gasteiger partial charge in [0, 0.05) is 28.7 Å². The van der Waals surface area contributed by atoms with Crippen molar-refractivity contribution in [3.63, 3.8) is 0 Å². The van der Waals surface area contributed by atoms with Crippen LogP contribution in [0.5, 0.6) is 0 Å². The predicted molar refractivity (Wildman–Crippen MR) is 85.3 cm³/mol. The Morgan fingerprint density at radius 1 is 1.24 bits per heavy atom. The summed E-state index contributed by atoms with van der Waals surface area (Å²) < 4.78 is 0. The predicted octanol–water partition coefficient (Wildman–Crippen LogP) is 1.86. The van der Waals surface area contributed by atoms with Crippen LogP contribution in [-0.4, -0.2) is 34.1 Å². The molecule has 0 bridgehead atoms. The summed E-state index contributed by atoms with van der Waals surface area (Å²) in [5.74, 6) is 0.528. The SMILES string of the molecule is Nc1cc2c(cn1)[nH]c1nccc(NC3CCNCC3)c12. The Balaban J connectivity index is 1.83. The number of aromatic nitrogens is 3. The first-order chi connectivity index (χ1) is 10.3. The van der Waals surface area contributed by atoms with Crippen LogP contribution in [0.15, 0.2) is 24.5 Å². The summed E-state index contributed by atoms with van der Waals surface area (Å²) in [7, 11) is 0. The van der Waals surface area contributed by atoms with Gasteiger partial charge in [0.2, 0.25) is 0 Å². The number of H-pyrrole nitrogens is 1. The van der Waals surface area contributed by atoms with Gasteiger partial charge in [-0.2, -0.15) is 0 Å². The van der Waals surface area contributed by atoms with Gasteiger partial charge in [0.1, 0.15) is 11.5 Å². The lowest BCUT2D eigenvalue weighted by atomic mass is 10.1. The number of rotatable bonds is 2. The molecule has 0 amide bonds. The largest absolute Gasteiger partial charge is 0.384 e. The van der Waals surface area contributed by atoms with E-state index >= 15 is 0 Å². The zero-order valence-corrected chi connectivity index (χ0v) is 11.7. The topological polar surface area (TPSA) is 91.7 Å². The molecule has 1 aliphatic rings. The molecule has 0 saturated carbocycles. The Labute approximate surface area is 122 Å². The van der Waals surface area contributed by atoms with E-state index in [4.69, 9.17) is 5.73 Å². The Morgan fingerprint density at radius 3 is 2.95 bits per heavy atom. The number of fused-ring (bicyclic) bond motifs is 3. The number of anilines is 2. The summed E-state index contributed by atoms with van der Waals surface area (Å²) in [6.45, 7) is 2.13. The molecule has 108 valence electrons. The average Bonchev–Trinajstić information content (AvgIpc) is 2.87. The molecule has 0 spiro atoms. The number of pyridine rings is 2. The molecule has 3 aromatic heterocycles. The monoisotopic (exact) mass is 282 g/mol. The minimum atomic E-state index is 0.501. The smallest absolute Gasteiger partial charge is 0.140 e. The summed E-state index contributed by atoms with van der Waals surface area (Å²) in [5, 5.41) is 9.22. The van der Waals surface area contributed by atoms with Crippen molar-refractivity contribution in [2.24, 2.45) is 0 Å². The van der Waals surface area contributed by atoms with E-state index in [1.165, 1.54) is 0 Å². The van der Waals surface area contributed by atoms with Gasteiger partial charge in [-0.25, -0.2) is 9.97 Å². The van der Waals surface area contributed by atoms with Crippen LogP contribution in [0.4, 0.5) is 11.5 Å². The second kappa shape index (κ2) is 4.89. The number of nitrogens with two attached hydrogens (primary N) is 1. The van der Waals surface area contributed by atoms with Crippen LogP contribution in [0, 0.1) is 0 Å². The Hall–Kier alpha value is -2.34.